The predicted molar refractivity (Wildman–Crippen MR) is 80.5 cm³/mol. The molecule has 0 aromatic rings. The first-order valence-corrected chi connectivity index (χ1v) is 7.44. The van der Waals surface area contributed by atoms with Crippen molar-refractivity contribution in [1.29, 1.82) is 0 Å². The van der Waals surface area contributed by atoms with Crippen LogP contribution in [-0.2, 0) is 0 Å². The molecule has 0 aliphatic heterocycles. The quantitative estimate of drug-likeness (QED) is 0.510. The van der Waals surface area contributed by atoms with Crippen molar-refractivity contribution in [3.8, 4) is 0 Å². The Hall–Kier alpha value is -0.560. The Balaban J connectivity index is 2.42. The molecule has 2 aliphatic carbocycles. The van der Waals surface area contributed by atoms with Gasteiger partial charge in [0.25, 0.3) is 0 Å². The maximum absolute atomic E-state index is 6.22. The van der Waals surface area contributed by atoms with Crippen molar-refractivity contribution in [2.45, 2.75) is 39.5 Å². The van der Waals surface area contributed by atoms with Crippen molar-refractivity contribution in [2.24, 2.45) is 22.2 Å². The van der Waals surface area contributed by atoms with Gasteiger partial charge in [0.1, 0.15) is 0 Å². The van der Waals surface area contributed by atoms with Gasteiger partial charge in [-0.25, -0.2) is 0 Å². The molecule has 0 heterocycles. The van der Waals surface area contributed by atoms with E-state index < -0.39 is 0 Å². The third kappa shape index (κ3) is 2.18. The fourth-order valence-electron chi connectivity index (χ4n) is 3.66. The average molecular weight is 266 g/mol. The number of fused-ring (bicyclic) bond motifs is 1. The minimum absolute atomic E-state index is 0.205. The molecule has 1 nitrogen and oxygen atoms in total. The Bertz CT molecular complexity index is 407. The van der Waals surface area contributed by atoms with Gasteiger partial charge in [-0.2, -0.15) is 0 Å². The third-order valence-electron chi connectivity index (χ3n) is 4.95. The molecule has 2 rings (SSSR count). The Morgan fingerprint density at radius 1 is 1.61 bits per heavy atom. The summed E-state index contributed by atoms with van der Waals surface area (Å²) in [4.78, 5) is 4.54. The van der Waals surface area contributed by atoms with Gasteiger partial charge in [-0.05, 0) is 55.4 Å². The Labute approximate surface area is 116 Å². The van der Waals surface area contributed by atoms with E-state index in [2.05, 4.69) is 31.5 Å². The molecule has 1 fully saturated rings. The molecule has 3 unspecified atom stereocenters. The first kappa shape index (κ1) is 13.9. The van der Waals surface area contributed by atoms with E-state index in [-0.39, 0.29) is 5.41 Å². The Morgan fingerprint density at radius 2 is 2.33 bits per heavy atom. The van der Waals surface area contributed by atoms with E-state index >= 15 is 0 Å². The number of alkyl halides is 1. The number of allylic oxidation sites excluding steroid dienone is 3. The summed E-state index contributed by atoms with van der Waals surface area (Å²) in [6.07, 6.45) is 7.01. The minimum Gasteiger partial charge on any atom is -0.293 e. The van der Waals surface area contributed by atoms with E-state index in [1.165, 1.54) is 29.7 Å². The van der Waals surface area contributed by atoms with Gasteiger partial charge in [0.2, 0.25) is 0 Å². The second-order valence-electron chi connectivity index (χ2n) is 6.09. The largest absolute Gasteiger partial charge is 0.293 e. The molecule has 0 amide bonds. The predicted octanol–water partition coefficient (Wildman–Crippen LogP) is 4.62. The summed E-state index contributed by atoms with van der Waals surface area (Å²) in [5.74, 6) is 1.90. The van der Waals surface area contributed by atoms with Gasteiger partial charge in [-0.15, -0.1) is 11.6 Å². The number of hydrogen-bond donors (Lipinski definition) is 0. The average Bonchev–Trinajstić information content (AvgIpc) is 2.35. The summed E-state index contributed by atoms with van der Waals surface area (Å²) in [5.41, 5.74) is 4.25. The topological polar surface area (TPSA) is 12.4 Å². The molecule has 2 aliphatic rings. The van der Waals surface area contributed by atoms with Crippen LogP contribution in [0.25, 0.3) is 0 Å². The summed E-state index contributed by atoms with van der Waals surface area (Å²) < 4.78 is 0. The Morgan fingerprint density at radius 3 is 2.89 bits per heavy atom. The van der Waals surface area contributed by atoms with Crippen LogP contribution in [0.4, 0.5) is 0 Å². The monoisotopic (exact) mass is 265 g/mol. The first-order chi connectivity index (χ1) is 8.52. The fourth-order valence-corrected chi connectivity index (χ4v) is 4.15. The Kier molecular flexibility index (Phi) is 4.01. The van der Waals surface area contributed by atoms with Crippen molar-refractivity contribution >= 4 is 17.3 Å². The van der Waals surface area contributed by atoms with Gasteiger partial charge in [-0.3, -0.25) is 4.99 Å². The number of halogens is 1. The van der Waals surface area contributed by atoms with E-state index in [0.717, 1.165) is 18.7 Å². The first-order valence-electron chi connectivity index (χ1n) is 6.91. The van der Waals surface area contributed by atoms with Gasteiger partial charge in [0.15, 0.2) is 0 Å². The number of hydrogen-bond acceptors (Lipinski definition) is 1. The summed E-state index contributed by atoms with van der Waals surface area (Å²) in [7, 11) is 1.92. The molecule has 0 spiro atoms. The highest BCUT2D eigenvalue weighted by molar-refractivity contribution is 6.18. The summed E-state index contributed by atoms with van der Waals surface area (Å²) in [6, 6.07) is 0. The SMILES string of the molecule is C=C(C)C1CC(=NC)C2=CCCC(CCl)C2(C)C1. The van der Waals surface area contributed by atoms with E-state index in [1.54, 1.807) is 0 Å². The standard InChI is InChI=1S/C16H24ClN/c1-11(2)12-8-15(18-4)14-7-5-6-13(10-17)16(14,3)9-12/h7,12-13H,1,5-6,8-10H2,2-4H3. The van der Waals surface area contributed by atoms with Crippen molar-refractivity contribution < 1.29 is 0 Å². The molecule has 100 valence electrons. The van der Waals surface area contributed by atoms with Crippen LogP contribution in [0.5, 0.6) is 0 Å². The van der Waals surface area contributed by atoms with Crippen LogP contribution in [0.15, 0.2) is 28.8 Å². The van der Waals surface area contributed by atoms with Gasteiger partial charge in [-0.1, -0.05) is 25.2 Å². The second-order valence-corrected chi connectivity index (χ2v) is 6.39. The molecule has 1 saturated carbocycles. The normalized spacial score (nSPS) is 38.2. The molecular formula is C16H24ClN. The van der Waals surface area contributed by atoms with Gasteiger partial charge < -0.3 is 0 Å². The maximum Gasteiger partial charge on any atom is 0.0385 e. The molecule has 0 aromatic heterocycles. The van der Waals surface area contributed by atoms with Gasteiger partial charge in [0, 0.05) is 18.6 Å². The van der Waals surface area contributed by atoms with Crippen LogP contribution in [0.3, 0.4) is 0 Å². The maximum atomic E-state index is 6.22. The third-order valence-corrected chi connectivity index (χ3v) is 5.33. The zero-order chi connectivity index (χ0) is 13.3. The van der Waals surface area contributed by atoms with Crippen LogP contribution in [0.1, 0.15) is 39.5 Å². The van der Waals surface area contributed by atoms with Gasteiger partial charge in [0.05, 0.1) is 0 Å². The molecule has 2 heteroatoms. The van der Waals surface area contributed by atoms with Crippen LogP contribution in [0.2, 0.25) is 0 Å². The zero-order valence-corrected chi connectivity index (χ0v) is 12.6. The number of rotatable bonds is 2. The molecule has 3 atom stereocenters. The molecule has 0 bridgehead atoms. The molecular weight excluding hydrogens is 242 g/mol. The summed E-state index contributed by atoms with van der Waals surface area (Å²) >= 11 is 6.22. The van der Waals surface area contributed by atoms with Crippen molar-refractivity contribution in [1.82, 2.24) is 0 Å². The lowest BCUT2D eigenvalue weighted by molar-refractivity contribution is 0.187. The smallest absolute Gasteiger partial charge is 0.0385 e. The fraction of sp³-hybridized carbons (Fsp3) is 0.688. The van der Waals surface area contributed by atoms with Crippen molar-refractivity contribution in [3.63, 3.8) is 0 Å². The zero-order valence-electron chi connectivity index (χ0n) is 11.8. The molecule has 0 aromatic carbocycles. The van der Waals surface area contributed by atoms with E-state index in [4.69, 9.17) is 11.6 Å². The highest BCUT2D eigenvalue weighted by atomic mass is 35.5. The van der Waals surface area contributed by atoms with E-state index in [1.807, 2.05) is 7.05 Å². The molecule has 0 N–H and O–H groups in total. The van der Waals surface area contributed by atoms with Crippen LogP contribution >= 0.6 is 11.6 Å². The molecule has 0 saturated heterocycles. The van der Waals surface area contributed by atoms with E-state index in [9.17, 15) is 0 Å². The number of aliphatic imine (C=N–C) groups is 1. The highest BCUT2D eigenvalue weighted by Gasteiger charge is 2.45. The van der Waals surface area contributed by atoms with Crippen molar-refractivity contribution in [3.05, 3.63) is 23.8 Å². The molecule has 18 heavy (non-hydrogen) atoms. The van der Waals surface area contributed by atoms with Crippen LogP contribution < -0.4 is 0 Å². The highest BCUT2D eigenvalue weighted by Crippen LogP contribution is 2.52. The molecule has 0 radical (unpaired) electrons. The lowest BCUT2D eigenvalue weighted by Crippen LogP contribution is -2.42. The van der Waals surface area contributed by atoms with E-state index in [0.29, 0.717) is 11.8 Å². The van der Waals surface area contributed by atoms with Crippen LogP contribution in [0, 0.1) is 17.3 Å². The minimum atomic E-state index is 0.205. The number of nitrogens with zero attached hydrogens (tertiary/aromatic N) is 1. The van der Waals surface area contributed by atoms with Crippen molar-refractivity contribution in [2.75, 3.05) is 12.9 Å². The summed E-state index contributed by atoms with van der Waals surface area (Å²) in [6.45, 7) is 8.69. The lowest BCUT2D eigenvalue weighted by Gasteiger charge is -2.48. The van der Waals surface area contributed by atoms with Crippen LogP contribution in [-0.4, -0.2) is 18.6 Å². The summed E-state index contributed by atoms with van der Waals surface area (Å²) in [5, 5.41) is 0. The second kappa shape index (κ2) is 5.21. The van der Waals surface area contributed by atoms with Gasteiger partial charge >= 0.3 is 0 Å². The lowest BCUT2D eigenvalue weighted by atomic mass is 9.57.